The highest BCUT2D eigenvalue weighted by atomic mass is 32.2. The Morgan fingerprint density at radius 2 is 1.67 bits per heavy atom. The van der Waals surface area contributed by atoms with E-state index < -0.39 is 14.8 Å². The highest BCUT2D eigenvalue weighted by Gasteiger charge is 2.39. The monoisotopic (exact) mass is 192 g/mol. The predicted octanol–water partition coefficient (Wildman–Crippen LogP) is 1.07. The van der Waals surface area contributed by atoms with Crippen LogP contribution in [0, 0.1) is 0 Å². The molecule has 0 amide bonds. The van der Waals surface area contributed by atoms with E-state index in [0.717, 1.165) is 12.8 Å². The van der Waals surface area contributed by atoms with Gasteiger partial charge in [-0.3, -0.25) is 0 Å². The third-order valence-electron chi connectivity index (χ3n) is 2.44. The minimum Gasteiger partial charge on any atom is -0.375 e. The van der Waals surface area contributed by atoms with E-state index in [1.807, 2.05) is 0 Å². The van der Waals surface area contributed by atoms with Crippen LogP contribution in [0.5, 0.6) is 0 Å². The maximum atomic E-state index is 11.6. The molecule has 12 heavy (non-hydrogen) atoms. The van der Waals surface area contributed by atoms with Crippen LogP contribution >= 0.6 is 0 Å². The van der Waals surface area contributed by atoms with E-state index in [9.17, 15) is 13.5 Å². The van der Waals surface area contributed by atoms with Crippen molar-refractivity contribution in [3.8, 4) is 0 Å². The summed E-state index contributed by atoms with van der Waals surface area (Å²) in [5.74, 6) is 0. The SMILES string of the molecule is CC(C)(O)S(=O)(=O)C1CCCC1. The molecule has 4 heteroatoms. The van der Waals surface area contributed by atoms with Gasteiger partial charge in [0.15, 0.2) is 14.8 Å². The van der Waals surface area contributed by atoms with Gasteiger partial charge in [-0.15, -0.1) is 0 Å². The third-order valence-corrected chi connectivity index (χ3v) is 5.18. The zero-order chi connectivity index (χ0) is 9.41. The minimum atomic E-state index is -3.32. The molecule has 1 fully saturated rings. The average molecular weight is 192 g/mol. The predicted molar refractivity (Wildman–Crippen MR) is 47.5 cm³/mol. The zero-order valence-electron chi connectivity index (χ0n) is 7.58. The second kappa shape index (κ2) is 3.00. The molecule has 0 saturated heterocycles. The highest BCUT2D eigenvalue weighted by molar-refractivity contribution is 7.93. The first-order valence-corrected chi connectivity index (χ1v) is 5.86. The first kappa shape index (κ1) is 9.99. The van der Waals surface area contributed by atoms with Crippen molar-refractivity contribution in [2.75, 3.05) is 0 Å². The molecule has 0 radical (unpaired) electrons. The van der Waals surface area contributed by atoms with E-state index >= 15 is 0 Å². The summed E-state index contributed by atoms with van der Waals surface area (Å²) in [5, 5.41) is 9.11. The summed E-state index contributed by atoms with van der Waals surface area (Å²) in [6.07, 6.45) is 3.37. The molecule has 1 N–H and O–H groups in total. The molecule has 0 aromatic carbocycles. The van der Waals surface area contributed by atoms with Crippen molar-refractivity contribution < 1.29 is 13.5 Å². The Kier molecular flexibility index (Phi) is 2.50. The van der Waals surface area contributed by atoms with Gasteiger partial charge in [-0.05, 0) is 26.7 Å². The van der Waals surface area contributed by atoms with E-state index in [1.165, 1.54) is 13.8 Å². The lowest BCUT2D eigenvalue weighted by molar-refractivity contribution is 0.163. The number of aliphatic hydroxyl groups is 1. The molecule has 1 rings (SSSR count). The molecule has 72 valence electrons. The number of rotatable bonds is 2. The Morgan fingerprint density at radius 1 is 1.25 bits per heavy atom. The standard InChI is InChI=1S/C8H16O3S/c1-8(2,9)12(10,11)7-5-3-4-6-7/h7,9H,3-6H2,1-2H3. The van der Waals surface area contributed by atoms with Crippen molar-refractivity contribution in [3.63, 3.8) is 0 Å². The summed E-state index contributed by atoms with van der Waals surface area (Å²) in [4.78, 5) is -1.57. The maximum absolute atomic E-state index is 11.6. The fraction of sp³-hybridized carbons (Fsp3) is 1.00. The quantitative estimate of drug-likeness (QED) is 0.712. The molecule has 1 aliphatic carbocycles. The molecule has 0 spiro atoms. The Bertz CT molecular complexity index is 242. The zero-order valence-corrected chi connectivity index (χ0v) is 8.39. The van der Waals surface area contributed by atoms with Gasteiger partial charge in [0, 0.05) is 0 Å². The van der Waals surface area contributed by atoms with Crippen molar-refractivity contribution in [2.45, 2.75) is 49.7 Å². The van der Waals surface area contributed by atoms with E-state index in [-0.39, 0.29) is 5.25 Å². The second-order valence-electron chi connectivity index (χ2n) is 3.90. The Balaban J connectivity index is 2.85. The minimum absolute atomic E-state index is 0.308. The van der Waals surface area contributed by atoms with Crippen molar-refractivity contribution in [3.05, 3.63) is 0 Å². The highest BCUT2D eigenvalue weighted by Crippen LogP contribution is 2.30. The lowest BCUT2D eigenvalue weighted by Gasteiger charge is -2.22. The molecule has 0 atom stereocenters. The third kappa shape index (κ3) is 1.64. The van der Waals surface area contributed by atoms with Crippen LogP contribution in [0.2, 0.25) is 0 Å². The Labute approximate surface area is 73.7 Å². The summed E-state index contributed by atoms with van der Waals surface area (Å²) >= 11 is 0. The van der Waals surface area contributed by atoms with E-state index in [4.69, 9.17) is 0 Å². The molecule has 0 aliphatic heterocycles. The smallest absolute Gasteiger partial charge is 0.181 e. The summed E-state index contributed by atoms with van der Waals surface area (Å²) < 4.78 is 23.2. The van der Waals surface area contributed by atoms with E-state index in [1.54, 1.807) is 0 Å². The van der Waals surface area contributed by atoms with E-state index in [2.05, 4.69) is 0 Å². The second-order valence-corrected chi connectivity index (χ2v) is 6.65. The molecule has 3 nitrogen and oxygen atoms in total. The fourth-order valence-electron chi connectivity index (χ4n) is 1.61. The average Bonchev–Trinajstić information content (AvgIpc) is 2.34. The molecular weight excluding hydrogens is 176 g/mol. The van der Waals surface area contributed by atoms with Gasteiger partial charge >= 0.3 is 0 Å². The van der Waals surface area contributed by atoms with E-state index in [0.29, 0.717) is 12.8 Å². The summed E-state index contributed by atoms with van der Waals surface area (Å²) in [6.45, 7) is 2.70. The summed E-state index contributed by atoms with van der Waals surface area (Å²) in [7, 11) is -3.32. The summed E-state index contributed by atoms with van der Waals surface area (Å²) in [5.41, 5.74) is 0. The summed E-state index contributed by atoms with van der Waals surface area (Å²) in [6, 6.07) is 0. The molecule has 0 aromatic rings. The van der Waals surface area contributed by atoms with Crippen LogP contribution in [0.25, 0.3) is 0 Å². The van der Waals surface area contributed by atoms with Crippen molar-refractivity contribution in [2.24, 2.45) is 0 Å². The van der Waals surface area contributed by atoms with Gasteiger partial charge in [0.1, 0.15) is 0 Å². The largest absolute Gasteiger partial charge is 0.375 e. The van der Waals surface area contributed by atoms with Gasteiger partial charge in [0.05, 0.1) is 5.25 Å². The fourth-order valence-corrected chi connectivity index (χ4v) is 3.38. The van der Waals surface area contributed by atoms with Crippen molar-refractivity contribution >= 4 is 9.84 Å². The lowest BCUT2D eigenvalue weighted by atomic mass is 10.4. The van der Waals surface area contributed by atoms with Crippen LogP contribution in [0.1, 0.15) is 39.5 Å². The number of hydrogen-bond donors (Lipinski definition) is 1. The topological polar surface area (TPSA) is 54.4 Å². The van der Waals surface area contributed by atoms with Gasteiger partial charge < -0.3 is 5.11 Å². The maximum Gasteiger partial charge on any atom is 0.181 e. The van der Waals surface area contributed by atoms with Crippen molar-refractivity contribution in [1.29, 1.82) is 0 Å². The number of sulfone groups is 1. The van der Waals surface area contributed by atoms with Crippen LogP contribution < -0.4 is 0 Å². The van der Waals surface area contributed by atoms with Crippen LogP contribution in [0.3, 0.4) is 0 Å². The normalized spacial score (nSPS) is 21.6. The molecule has 1 saturated carbocycles. The van der Waals surface area contributed by atoms with Gasteiger partial charge in [-0.2, -0.15) is 0 Å². The number of hydrogen-bond acceptors (Lipinski definition) is 3. The molecule has 0 bridgehead atoms. The molecule has 0 heterocycles. The van der Waals surface area contributed by atoms with Gasteiger partial charge in [0.2, 0.25) is 0 Å². The van der Waals surface area contributed by atoms with Gasteiger partial charge in [-0.1, -0.05) is 12.8 Å². The van der Waals surface area contributed by atoms with Crippen molar-refractivity contribution in [1.82, 2.24) is 0 Å². The molecule has 0 unspecified atom stereocenters. The van der Waals surface area contributed by atoms with Crippen LogP contribution in [0.4, 0.5) is 0 Å². The first-order chi connectivity index (χ1) is 5.36. The molecule has 0 aromatic heterocycles. The Hall–Kier alpha value is -0.0900. The lowest BCUT2D eigenvalue weighted by Crippen LogP contribution is -2.38. The first-order valence-electron chi connectivity index (χ1n) is 4.31. The van der Waals surface area contributed by atoms with Crippen LogP contribution in [-0.4, -0.2) is 23.7 Å². The molecular formula is C8H16O3S. The van der Waals surface area contributed by atoms with Crippen LogP contribution in [-0.2, 0) is 9.84 Å². The van der Waals surface area contributed by atoms with Crippen LogP contribution in [0.15, 0.2) is 0 Å². The van der Waals surface area contributed by atoms with Gasteiger partial charge in [0.25, 0.3) is 0 Å². The molecule has 1 aliphatic rings. The van der Waals surface area contributed by atoms with Gasteiger partial charge in [-0.25, -0.2) is 8.42 Å². The Morgan fingerprint density at radius 3 is 2.00 bits per heavy atom.